The molecule has 406 valence electrons. The molecule has 18 nitrogen and oxygen atoms in total. The van der Waals surface area contributed by atoms with E-state index in [0.29, 0.717) is 12.8 Å². The van der Waals surface area contributed by atoms with Gasteiger partial charge in [0.15, 0.2) is 12.4 Å². The molecule has 13 unspecified atom stereocenters. The summed E-state index contributed by atoms with van der Waals surface area (Å²) in [6.07, 6.45) is 11.5. The first-order valence-electron chi connectivity index (χ1n) is 26.5. The van der Waals surface area contributed by atoms with Crippen molar-refractivity contribution in [3.8, 4) is 0 Å². The van der Waals surface area contributed by atoms with Crippen LogP contribution in [0.1, 0.15) is 200 Å². The summed E-state index contributed by atoms with van der Waals surface area (Å²) in [7, 11) is -5.37. The van der Waals surface area contributed by atoms with Crippen LogP contribution in [-0.2, 0) is 42.1 Å². The van der Waals surface area contributed by atoms with Gasteiger partial charge in [0.1, 0.15) is 67.6 Å². The fourth-order valence-electron chi connectivity index (χ4n) is 8.58. The number of ether oxygens (including phenoxy) is 4. The Balaban J connectivity index is 1.93. The van der Waals surface area contributed by atoms with Crippen molar-refractivity contribution in [3.05, 3.63) is 12.2 Å². The van der Waals surface area contributed by atoms with E-state index in [-0.39, 0.29) is 12.8 Å². The molecule has 9 N–H and O–H groups in total. The van der Waals surface area contributed by atoms with Gasteiger partial charge < -0.3 is 64.7 Å². The lowest BCUT2D eigenvalue weighted by Crippen LogP contribution is -2.67. The van der Waals surface area contributed by atoms with E-state index in [4.69, 9.17) is 28.0 Å². The van der Waals surface area contributed by atoms with Crippen molar-refractivity contribution in [1.82, 2.24) is 0 Å². The van der Waals surface area contributed by atoms with Gasteiger partial charge in [-0.25, -0.2) is 4.57 Å². The van der Waals surface area contributed by atoms with Crippen LogP contribution in [0.15, 0.2) is 12.2 Å². The van der Waals surface area contributed by atoms with Crippen LogP contribution in [0.3, 0.4) is 0 Å². The number of phosphoric ester groups is 1. The van der Waals surface area contributed by atoms with E-state index in [9.17, 15) is 59.9 Å². The first-order chi connectivity index (χ1) is 33.2. The molecule has 13 atom stereocenters. The molecular formula is C50H93O18P. The number of phosphoric acid groups is 1. The van der Waals surface area contributed by atoms with Crippen LogP contribution in [-0.4, -0.2) is 151 Å². The van der Waals surface area contributed by atoms with Gasteiger partial charge in [-0.3, -0.25) is 18.6 Å². The number of aliphatic hydroxyl groups is 8. The molecule has 0 radical (unpaired) electrons. The van der Waals surface area contributed by atoms with Crippen molar-refractivity contribution >= 4 is 19.8 Å². The minimum Gasteiger partial charge on any atom is -0.462 e. The molecule has 1 aliphatic heterocycles. The van der Waals surface area contributed by atoms with Gasteiger partial charge in [-0.1, -0.05) is 161 Å². The highest BCUT2D eigenvalue weighted by Crippen LogP contribution is 2.48. The molecule has 2 rings (SSSR count). The van der Waals surface area contributed by atoms with E-state index >= 15 is 0 Å². The maximum absolute atomic E-state index is 13.4. The lowest BCUT2D eigenvalue weighted by molar-refractivity contribution is -0.338. The Hall–Kier alpha value is -1.61. The van der Waals surface area contributed by atoms with Crippen LogP contribution >= 0.6 is 7.82 Å². The van der Waals surface area contributed by atoms with Gasteiger partial charge in [0.05, 0.1) is 13.2 Å². The summed E-state index contributed by atoms with van der Waals surface area (Å²) in [6.45, 7) is 2.23. The smallest absolute Gasteiger partial charge is 0.462 e. The molecule has 1 saturated carbocycles. The third kappa shape index (κ3) is 26.8. The molecule has 2 fully saturated rings. The number of esters is 2. The number of carbonyl (C=O) groups is 2. The van der Waals surface area contributed by atoms with Gasteiger partial charge in [-0.2, -0.15) is 0 Å². The van der Waals surface area contributed by atoms with Crippen LogP contribution in [0, 0.1) is 0 Å². The minimum absolute atomic E-state index is 0.0346. The summed E-state index contributed by atoms with van der Waals surface area (Å²) in [6, 6.07) is 0. The molecule has 0 aromatic rings. The second kappa shape index (κ2) is 38.0. The molecule has 19 heteroatoms. The van der Waals surface area contributed by atoms with E-state index in [1.165, 1.54) is 109 Å². The predicted octanol–water partition coefficient (Wildman–Crippen LogP) is 6.49. The van der Waals surface area contributed by atoms with Gasteiger partial charge in [-0.05, 0) is 38.5 Å². The highest BCUT2D eigenvalue weighted by Gasteiger charge is 2.55. The number of allylic oxidation sites excluding steroid dienone is 2. The Morgan fingerprint density at radius 3 is 1.45 bits per heavy atom. The molecular weight excluding hydrogens is 920 g/mol. The van der Waals surface area contributed by atoms with Crippen molar-refractivity contribution in [1.29, 1.82) is 0 Å². The number of unbranched alkanes of at least 4 members (excludes halogenated alkanes) is 24. The van der Waals surface area contributed by atoms with Gasteiger partial charge in [-0.15, -0.1) is 0 Å². The Labute approximate surface area is 412 Å². The number of rotatable bonds is 41. The summed E-state index contributed by atoms with van der Waals surface area (Å²) < 4.78 is 45.5. The van der Waals surface area contributed by atoms with Crippen LogP contribution in [0.2, 0.25) is 0 Å². The molecule has 0 aromatic carbocycles. The molecule has 0 aromatic heterocycles. The third-order valence-electron chi connectivity index (χ3n) is 13.0. The van der Waals surface area contributed by atoms with Crippen molar-refractivity contribution in [2.24, 2.45) is 0 Å². The van der Waals surface area contributed by atoms with Crippen molar-refractivity contribution in [3.63, 3.8) is 0 Å². The number of carbonyl (C=O) groups excluding carboxylic acids is 2. The molecule has 0 bridgehead atoms. The quantitative estimate of drug-likeness (QED) is 0.0137. The molecule has 1 heterocycles. The maximum atomic E-state index is 13.4. The summed E-state index contributed by atoms with van der Waals surface area (Å²) in [5.41, 5.74) is 0. The molecule has 1 aliphatic carbocycles. The van der Waals surface area contributed by atoms with Crippen molar-refractivity contribution in [2.75, 3.05) is 19.8 Å². The fourth-order valence-corrected chi connectivity index (χ4v) is 9.55. The zero-order valence-electron chi connectivity index (χ0n) is 41.9. The summed E-state index contributed by atoms with van der Waals surface area (Å²) >= 11 is 0. The predicted molar refractivity (Wildman–Crippen MR) is 259 cm³/mol. The van der Waals surface area contributed by atoms with Gasteiger partial charge in [0, 0.05) is 12.8 Å². The lowest BCUT2D eigenvalue weighted by Gasteiger charge is -2.47. The second-order valence-corrected chi connectivity index (χ2v) is 20.5. The second-order valence-electron chi connectivity index (χ2n) is 19.1. The Morgan fingerprint density at radius 2 is 0.957 bits per heavy atom. The van der Waals surface area contributed by atoms with E-state index in [2.05, 4.69) is 26.0 Å². The average molecular weight is 1010 g/mol. The Bertz CT molecular complexity index is 1390. The van der Waals surface area contributed by atoms with E-state index in [1.807, 2.05) is 0 Å². The van der Waals surface area contributed by atoms with E-state index < -0.39 is 113 Å². The molecule has 0 amide bonds. The topological polar surface area (TPSA) is 289 Å². The van der Waals surface area contributed by atoms with E-state index in [0.717, 1.165) is 51.4 Å². The molecule has 1 saturated heterocycles. The largest absolute Gasteiger partial charge is 0.472 e. The monoisotopic (exact) mass is 1010 g/mol. The molecule has 0 spiro atoms. The van der Waals surface area contributed by atoms with E-state index in [1.54, 1.807) is 0 Å². The van der Waals surface area contributed by atoms with Crippen LogP contribution < -0.4 is 0 Å². The normalized spacial score (nSPS) is 27.6. The summed E-state index contributed by atoms with van der Waals surface area (Å²) in [4.78, 5) is 36.6. The zero-order valence-corrected chi connectivity index (χ0v) is 42.8. The van der Waals surface area contributed by atoms with Crippen LogP contribution in [0.5, 0.6) is 0 Å². The average Bonchev–Trinajstić information content (AvgIpc) is 3.33. The standard InChI is InChI=1S/C50H93O18P/c1-3-5-7-9-11-13-15-17-18-19-21-23-25-27-29-31-33-40(53)65-37(35-63-39(52)32-30-28-26-24-22-20-16-14-12-10-8-6-4-2)36-64-69(61,62)68-49-46(59)44(57)43(56)45(58)48(49)67-50-47(60)42(55)41(54)38(34-51)66-50/h20,22,37-38,41-51,54-60H,3-19,21,23-36H2,1-2H3,(H,61,62). The fraction of sp³-hybridized carbons (Fsp3) is 0.920. The van der Waals surface area contributed by atoms with Crippen molar-refractivity contribution in [2.45, 2.75) is 273 Å². The summed E-state index contributed by atoms with van der Waals surface area (Å²) in [5, 5.41) is 83.0. The lowest BCUT2D eigenvalue weighted by atomic mass is 9.84. The summed E-state index contributed by atoms with van der Waals surface area (Å²) in [5.74, 6) is -1.23. The molecule has 2 aliphatic rings. The van der Waals surface area contributed by atoms with Crippen LogP contribution in [0.4, 0.5) is 0 Å². The highest BCUT2D eigenvalue weighted by atomic mass is 31.2. The zero-order chi connectivity index (χ0) is 50.9. The third-order valence-corrected chi connectivity index (χ3v) is 14.0. The van der Waals surface area contributed by atoms with Gasteiger partial charge in [0.2, 0.25) is 0 Å². The maximum Gasteiger partial charge on any atom is 0.472 e. The SMILES string of the molecule is CCCCCCCCC=CCCCCCC(=O)OCC(COP(=O)(O)OC1C(O)C(O)C(O)C(O)C1OC1OC(CO)C(O)C(O)C1O)OC(=O)CCCCCCCCCCCCCCCCCC. The molecule has 69 heavy (non-hydrogen) atoms. The first kappa shape index (κ1) is 63.5. The number of aliphatic hydroxyl groups excluding tert-OH is 8. The Kier molecular flexibility index (Phi) is 35.0. The number of hydrogen-bond acceptors (Lipinski definition) is 17. The first-order valence-corrected chi connectivity index (χ1v) is 28.0. The van der Waals surface area contributed by atoms with Gasteiger partial charge >= 0.3 is 19.8 Å². The number of hydrogen-bond donors (Lipinski definition) is 9. The minimum atomic E-state index is -5.37. The van der Waals surface area contributed by atoms with Crippen LogP contribution in [0.25, 0.3) is 0 Å². The van der Waals surface area contributed by atoms with Crippen molar-refractivity contribution < 1.29 is 87.9 Å². The van der Waals surface area contributed by atoms with Gasteiger partial charge in [0.25, 0.3) is 0 Å². The Morgan fingerprint density at radius 1 is 0.536 bits per heavy atom. The highest BCUT2D eigenvalue weighted by molar-refractivity contribution is 7.47.